The Labute approximate surface area is 197 Å². The highest BCUT2D eigenvalue weighted by atomic mass is 16.7. The van der Waals surface area contributed by atoms with Crippen LogP contribution >= 0.6 is 0 Å². The Bertz CT molecular complexity index is 1120. The minimum Gasteiger partial charge on any atom is -0.472 e. The van der Waals surface area contributed by atoms with Crippen LogP contribution in [0.1, 0.15) is 65.0 Å². The topological polar surface area (TPSA) is 105 Å². The summed E-state index contributed by atoms with van der Waals surface area (Å²) in [5.74, 6) is -0.780. The number of fused-ring (bicyclic) bond motifs is 1. The number of hydrogen-bond acceptors (Lipinski definition) is 8. The fourth-order valence-electron chi connectivity index (χ4n) is 9.34. The Morgan fingerprint density at radius 3 is 2.50 bits per heavy atom. The molecule has 0 bridgehead atoms. The van der Waals surface area contributed by atoms with E-state index < -0.39 is 45.6 Å². The number of rotatable bonds is 1. The van der Waals surface area contributed by atoms with E-state index >= 15 is 0 Å². The molecule has 7 rings (SSSR count). The van der Waals surface area contributed by atoms with Crippen molar-refractivity contribution in [2.75, 3.05) is 6.61 Å². The van der Waals surface area contributed by atoms with Crippen molar-refractivity contribution < 1.29 is 37.7 Å². The predicted octanol–water partition coefficient (Wildman–Crippen LogP) is 3.14. The lowest BCUT2D eigenvalue weighted by atomic mass is 9.37. The van der Waals surface area contributed by atoms with E-state index in [4.69, 9.17) is 23.4 Å². The van der Waals surface area contributed by atoms with Crippen molar-refractivity contribution in [1.29, 1.82) is 0 Å². The third-order valence-electron chi connectivity index (χ3n) is 10.7. The van der Waals surface area contributed by atoms with E-state index in [2.05, 4.69) is 6.92 Å². The summed E-state index contributed by atoms with van der Waals surface area (Å²) < 4.78 is 29.8. The summed E-state index contributed by atoms with van der Waals surface area (Å²) in [5.41, 5.74) is -2.78. The van der Waals surface area contributed by atoms with E-state index in [1.54, 1.807) is 12.5 Å². The van der Waals surface area contributed by atoms with Crippen molar-refractivity contribution in [2.24, 2.45) is 28.1 Å². The van der Waals surface area contributed by atoms with Gasteiger partial charge in [-0.2, -0.15) is 0 Å². The number of carbonyl (C=O) groups is 3. The number of hydrogen-bond donors (Lipinski definition) is 0. The predicted molar refractivity (Wildman–Crippen MR) is 114 cm³/mol. The molecule has 0 amide bonds. The van der Waals surface area contributed by atoms with Crippen LogP contribution in [0.15, 0.2) is 23.0 Å². The quantitative estimate of drug-likeness (QED) is 0.455. The summed E-state index contributed by atoms with van der Waals surface area (Å²) in [6.45, 7) is 8.36. The van der Waals surface area contributed by atoms with Crippen molar-refractivity contribution in [3.05, 3.63) is 24.2 Å². The van der Waals surface area contributed by atoms with Crippen LogP contribution in [0.5, 0.6) is 0 Å². The van der Waals surface area contributed by atoms with Gasteiger partial charge < -0.3 is 23.4 Å². The van der Waals surface area contributed by atoms with E-state index in [9.17, 15) is 14.4 Å². The zero-order chi connectivity index (χ0) is 23.9. The van der Waals surface area contributed by atoms with Gasteiger partial charge in [0.1, 0.15) is 24.1 Å². The number of carbonyl (C=O) groups excluding carboxylic acids is 3. The molecule has 5 heterocycles. The average Bonchev–Trinajstić information content (AvgIpc) is 3.26. The SMILES string of the molecule is CC1(C)O[C@@H]2CC(=O)OC[C@]23[C@@H]1CC(=O)[C@@]1(C)[C@H]3CC[C@]2(C)[C@@H](c3ccoc3)OC(=O)[C@@H]3O[C@]312. The summed E-state index contributed by atoms with van der Waals surface area (Å²) in [4.78, 5) is 39.7. The molecule has 2 saturated carbocycles. The molecular formula is C26H30O8. The molecule has 8 nitrogen and oxygen atoms in total. The smallest absolute Gasteiger partial charge is 0.339 e. The van der Waals surface area contributed by atoms with Gasteiger partial charge in [0.25, 0.3) is 0 Å². The molecular weight excluding hydrogens is 440 g/mol. The molecule has 0 radical (unpaired) electrons. The zero-order valence-electron chi connectivity index (χ0n) is 19.9. The average molecular weight is 471 g/mol. The molecule has 0 unspecified atom stereocenters. The lowest BCUT2D eigenvalue weighted by molar-refractivity contribution is -0.225. The fraction of sp³-hybridized carbons (Fsp3) is 0.731. The molecule has 0 N–H and O–H groups in total. The maximum Gasteiger partial charge on any atom is 0.339 e. The molecule has 4 saturated heterocycles. The van der Waals surface area contributed by atoms with E-state index in [0.717, 1.165) is 12.0 Å². The molecule has 8 heteroatoms. The summed E-state index contributed by atoms with van der Waals surface area (Å²) >= 11 is 0. The fourth-order valence-corrected chi connectivity index (χ4v) is 9.34. The first-order valence-electron chi connectivity index (χ1n) is 12.3. The van der Waals surface area contributed by atoms with Crippen molar-refractivity contribution in [1.82, 2.24) is 0 Å². The summed E-state index contributed by atoms with van der Waals surface area (Å²) in [7, 11) is 0. The second-order valence-electron chi connectivity index (χ2n) is 12.2. The van der Waals surface area contributed by atoms with E-state index in [1.807, 2.05) is 26.8 Å². The second kappa shape index (κ2) is 5.95. The highest BCUT2D eigenvalue weighted by Crippen LogP contribution is 2.79. The highest BCUT2D eigenvalue weighted by molar-refractivity contribution is 5.93. The Kier molecular flexibility index (Phi) is 3.70. The first kappa shape index (κ1) is 21.1. The lowest BCUT2D eigenvalue weighted by Gasteiger charge is -2.65. The van der Waals surface area contributed by atoms with E-state index in [1.165, 1.54) is 0 Å². The Hall–Kier alpha value is -2.19. The monoisotopic (exact) mass is 470 g/mol. The van der Waals surface area contributed by atoms with Gasteiger partial charge in [-0.05, 0) is 45.6 Å². The van der Waals surface area contributed by atoms with E-state index in [0.29, 0.717) is 12.8 Å². The summed E-state index contributed by atoms with van der Waals surface area (Å²) in [6, 6.07) is 1.81. The van der Waals surface area contributed by atoms with Gasteiger partial charge >= 0.3 is 11.9 Å². The van der Waals surface area contributed by atoms with Crippen LogP contribution < -0.4 is 0 Å². The maximum atomic E-state index is 14.2. The molecule has 182 valence electrons. The number of Topliss-reactive ketones (excluding diaryl/α,β-unsaturated/α-hetero) is 1. The molecule has 0 aromatic carbocycles. The van der Waals surface area contributed by atoms with Gasteiger partial charge in [-0.25, -0.2) is 4.79 Å². The molecule has 1 aromatic rings. The molecule has 6 fully saturated rings. The van der Waals surface area contributed by atoms with Gasteiger partial charge in [-0.3, -0.25) is 9.59 Å². The number of cyclic esters (lactones) is 2. The number of ether oxygens (including phenoxy) is 4. The third-order valence-corrected chi connectivity index (χ3v) is 10.7. The Balaban J connectivity index is 1.41. The first-order chi connectivity index (χ1) is 16.0. The van der Waals surface area contributed by atoms with Crippen LogP contribution in [0.2, 0.25) is 0 Å². The Morgan fingerprint density at radius 1 is 0.971 bits per heavy atom. The lowest BCUT2D eigenvalue weighted by Crippen LogP contribution is -2.72. The first-order valence-corrected chi connectivity index (χ1v) is 12.3. The number of esters is 2. The van der Waals surface area contributed by atoms with Crippen LogP contribution in [-0.2, 0) is 33.3 Å². The van der Waals surface area contributed by atoms with Crippen molar-refractivity contribution >= 4 is 17.7 Å². The number of ketones is 1. The van der Waals surface area contributed by atoms with Gasteiger partial charge in [-0.15, -0.1) is 0 Å². The largest absolute Gasteiger partial charge is 0.472 e. The van der Waals surface area contributed by atoms with Gasteiger partial charge in [-0.1, -0.05) is 6.92 Å². The van der Waals surface area contributed by atoms with Gasteiger partial charge in [0, 0.05) is 28.7 Å². The Morgan fingerprint density at radius 2 is 1.76 bits per heavy atom. The van der Waals surface area contributed by atoms with Crippen LogP contribution in [0.3, 0.4) is 0 Å². The van der Waals surface area contributed by atoms with Crippen LogP contribution in [0, 0.1) is 28.1 Å². The van der Waals surface area contributed by atoms with Gasteiger partial charge in [0.2, 0.25) is 0 Å². The number of furan rings is 1. The molecule has 2 aliphatic carbocycles. The summed E-state index contributed by atoms with van der Waals surface area (Å²) in [6.07, 6.45) is 3.46. The van der Waals surface area contributed by atoms with E-state index in [-0.39, 0.29) is 42.7 Å². The minimum absolute atomic E-state index is 0.0677. The van der Waals surface area contributed by atoms with Gasteiger partial charge in [0.15, 0.2) is 6.10 Å². The van der Waals surface area contributed by atoms with Gasteiger partial charge in [0.05, 0.1) is 36.1 Å². The molecule has 2 spiro atoms. The van der Waals surface area contributed by atoms with Crippen molar-refractivity contribution in [3.8, 4) is 0 Å². The molecule has 6 aliphatic rings. The van der Waals surface area contributed by atoms with Crippen molar-refractivity contribution in [2.45, 2.75) is 82.9 Å². The number of epoxide rings is 1. The molecule has 1 aromatic heterocycles. The maximum absolute atomic E-state index is 14.2. The third kappa shape index (κ3) is 2.02. The molecule has 4 aliphatic heterocycles. The van der Waals surface area contributed by atoms with Crippen molar-refractivity contribution in [3.63, 3.8) is 0 Å². The summed E-state index contributed by atoms with van der Waals surface area (Å²) in [5, 5.41) is 0. The zero-order valence-corrected chi connectivity index (χ0v) is 19.9. The normalized spacial score (nSPS) is 52.4. The highest BCUT2D eigenvalue weighted by Gasteiger charge is 2.89. The van der Waals surface area contributed by atoms with Crippen LogP contribution in [-0.4, -0.2) is 47.7 Å². The second-order valence-corrected chi connectivity index (χ2v) is 12.2. The minimum atomic E-state index is -0.976. The standard InChI is InChI=1S/C26H30O8/c1-22(2)15-9-16(27)24(4)14(25(15)12-31-18(28)10-17(25)33-22)5-7-23(3)19(13-6-8-30-11-13)32-21(29)20-26(23,24)34-20/h6,8,11,14-15,17,19-20H,5,7,9-10,12H2,1-4H3/t14-,15-,17-,19-,20+,23-,24-,25+,26+/m1/s1. The van der Waals surface area contributed by atoms with Crippen LogP contribution in [0.25, 0.3) is 0 Å². The molecule has 9 atom stereocenters. The van der Waals surface area contributed by atoms with Crippen LogP contribution in [0.4, 0.5) is 0 Å². The molecule has 34 heavy (non-hydrogen) atoms.